The SMILES string of the molecule is CNCc1cc(=O)n(C)c2ccc(-c3ccc(F)c(F)c3OCCc3c(CC(C)(C)C)nn(C)c3C)cc12. The number of fused-ring (bicyclic) bond motifs is 1. The second-order valence-corrected chi connectivity index (χ2v) is 11.0. The number of benzene rings is 2. The first-order valence-electron chi connectivity index (χ1n) is 12.8. The fourth-order valence-electron chi connectivity index (χ4n) is 4.88. The van der Waals surface area contributed by atoms with Crippen molar-refractivity contribution in [3.05, 3.63) is 80.9 Å². The first kappa shape index (κ1) is 27.5. The summed E-state index contributed by atoms with van der Waals surface area (Å²) in [6, 6.07) is 9.77. The smallest absolute Gasteiger partial charge is 0.251 e. The zero-order chi connectivity index (χ0) is 27.8. The lowest BCUT2D eigenvalue weighted by atomic mass is 9.88. The fourth-order valence-corrected chi connectivity index (χ4v) is 4.88. The van der Waals surface area contributed by atoms with Crippen molar-refractivity contribution in [3.63, 3.8) is 0 Å². The highest BCUT2D eigenvalue weighted by Crippen LogP contribution is 2.36. The second-order valence-electron chi connectivity index (χ2n) is 11.0. The number of nitrogens with one attached hydrogen (secondary N) is 1. The predicted molar refractivity (Wildman–Crippen MR) is 148 cm³/mol. The van der Waals surface area contributed by atoms with E-state index in [2.05, 4.69) is 31.2 Å². The summed E-state index contributed by atoms with van der Waals surface area (Å²) < 4.78 is 38.9. The third-order valence-electron chi connectivity index (χ3n) is 6.90. The van der Waals surface area contributed by atoms with Gasteiger partial charge in [-0.2, -0.15) is 9.49 Å². The van der Waals surface area contributed by atoms with Crippen molar-refractivity contribution < 1.29 is 13.5 Å². The number of rotatable bonds is 8. The molecule has 8 heteroatoms. The van der Waals surface area contributed by atoms with Crippen molar-refractivity contribution in [1.82, 2.24) is 19.7 Å². The maximum Gasteiger partial charge on any atom is 0.251 e. The lowest BCUT2D eigenvalue weighted by Gasteiger charge is -2.18. The van der Waals surface area contributed by atoms with E-state index in [1.54, 1.807) is 23.7 Å². The van der Waals surface area contributed by atoms with Gasteiger partial charge in [-0.3, -0.25) is 9.48 Å². The van der Waals surface area contributed by atoms with Gasteiger partial charge < -0.3 is 14.6 Å². The second kappa shape index (κ2) is 10.7. The van der Waals surface area contributed by atoms with Crippen molar-refractivity contribution >= 4 is 10.9 Å². The average molecular weight is 523 g/mol. The van der Waals surface area contributed by atoms with Gasteiger partial charge in [-0.25, -0.2) is 4.39 Å². The average Bonchev–Trinajstić information content (AvgIpc) is 3.10. The van der Waals surface area contributed by atoms with E-state index in [9.17, 15) is 9.18 Å². The van der Waals surface area contributed by atoms with Gasteiger partial charge in [-0.1, -0.05) is 26.8 Å². The standard InChI is InChI=1S/C30H36F2N4O2/c1-18-21(25(34-36(18)7)16-30(2,3)4)12-13-38-29-22(9-10-24(31)28(29)32)19-8-11-26-23(14-19)20(17-33-5)15-27(37)35(26)6/h8-11,14-15,33H,12-13,16-17H2,1-7H3. The minimum absolute atomic E-state index is 0.0595. The Hall–Kier alpha value is -3.52. The summed E-state index contributed by atoms with van der Waals surface area (Å²) in [4.78, 5) is 12.4. The summed E-state index contributed by atoms with van der Waals surface area (Å²) in [6.07, 6.45) is 1.32. The summed E-state index contributed by atoms with van der Waals surface area (Å²) in [5.74, 6) is -2.10. The topological polar surface area (TPSA) is 61.1 Å². The molecule has 0 aliphatic carbocycles. The molecule has 0 bridgehead atoms. The number of hydrogen-bond donors (Lipinski definition) is 1. The van der Waals surface area contributed by atoms with Crippen molar-refractivity contribution in [2.45, 2.75) is 47.1 Å². The molecule has 202 valence electrons. The van der Waals surface area contributed by atoms with Gasteiger partial charge in [0.2, 0.25) is 5.82 Å². The molecule has 0 saturated heterocycles. The number of aromatic nitrogens is 3. The van der Waals surface area contributed by atoms with E-state index in [-0.39, 0.29) is 23.3 Å². The normalized spacial score (nSPS) is 11.9. The van der Waals surface area contributed by atoms with Crippen LogP contribution in [0.3, 0.4) is 0 Å². The van der Waals surface area contributed by atoms with Gasteiger partial charge in [-0.05, 0) is 66.8 Å². The van der Waals surface area contributed by atoms with Crippen LogP contribution in [0.15, 0.2) is 41.2 Å². The maximum atomic E-state index is 15.1. The third kappa shape index (κ3) is 5.50. The first-order chi connectivity index (χ1) is 17.9. The molecule has 0 aliphatic rings. The maximum absolute atomic E-state index is 15.1. The monoisotopic (exact) mass is 522 g/mol. The van der Waals surface area contributed by atoms with Crippen molar-refractivity contribution in [2.24, 2.45) is 19.5 Å². The molecule has 2 aromatic carbocycles. The highest BCUT2D eigenvalue weighted by Gasteiger charge is 2.21. The van der Waals surface area contributed by atoms with Crippen LogP contribution >= 0.6 is 0 Å². The van der Waals surface area contributed by atoms with Crippen LogP contribution in [0, 0.1) is 24.0 Å². The van der Waals surface area contributed by atoms with Crippen LogP contribution in [0.1, 0.15) is 43.3 Å². The molecular formula is C30H36F2N4O2. The van der Waals surface area contributed by atoms with Crippen LogP contribution in [0.2, 0.25) is 0 Å². The van der Waals surface area contributed by atoms with Gasteiger partial charge in [0.1, 0.15) is 0 Å². The van der Waals surface area contributed by atoms with E-state index >= 15 is 4.39 Å². The predicted octanol–water partition coefficient (Wildman–Crippen LogP) is 5.46. The zero-order valence-electron chi connectivity index (χ0n) is 23.2. The Balaban J connectivity index is 1.70. The van der Waals surface area contributed by atoms with Crippen LogP contribution < -0.4 is 15.6 Å². The van der Waals surface area contributed by atoms with Gasteiger partial charge in [-0.15, -0.1) is 0 Å². The number of ether oxygens (including phenoxy) is 1. The molecule has 38 heavy (non-hydrogen) atoms. The molecule has 4 aromatic rings. The van der Waals surface area contributed by atoms with E-state index in [1.807, 2.05) is 37.8 Å². The van der Waals surface area contributed by atoms with E-state index in [0.717, 1.165) is 45.9 Å². The minimum atomic E-state index is -1.02. The lowest BCUT2D eigenvalue weighted by molar-refractivity contribution is 0.299. The van der Waals surface area contributed by atoms with Gasteiger partial charge in [0.05, 0.1) is 17.8 Å². The molecule has 2 heterocycles. The largest absolute Gasteiger partial charge is 0.489 e. The fraction of sp³-hybridized carbons (Fsp3) is 0.400. The number of pyridine rings is 1. The third-order valence-corrected chi connectivity index (χ3v) is 6.90. The molecule has 6 nitrogen and oxygen atoms in total. The summed E-state index contributed by atoms with van der Waals surface area (Å²) >= 11 is 0. The molecule has 0 atom stereocenters. The van der Waals surface area contributed by atoms with Crippen molar-refractivity contribution in [2.75, 3.05) is 13.7 Å². The first-order valence-corrected chi connectivity index (χ1v) is 12.8. The molecule has 4 rings (SSSR count). The van der Waals surface area contributed by atoms with E-state index in [4.69, 9.17) is 4.74 Å². The van der Waals surface area contributed by atoms with E-state index < -0.39 is 11.6 Å². The summed E-state index contributed by atoms with van der Waals surface area (Å²) in [6.45, 7) is 9.16. The summed E-state index contributed by atoms with van der Waals surface area (Å²) in [5.41, 5.74) is 5.77. The molecule has 0 radical (unpaired) electrons. The van der Waals surface area contributed by atoms with Crippen LogP contribution in [0.4, 0.5) is 8.78 Å². The number of hydrogen-bond acceptors (Lipinski definition) is 4. The molecular weight excluding hydrogens is 486 g/mol. The quantitative estimate of drug-likeness (QED) is 0.334. The molecule has 2 aromatic heterocycles. The molecule has 0 spiro atoms. The van der Waals surface area contributed by atoms with Gasteiger partial charge >= 0.3 is 0 Å². The van der Waals surface area contributed by atoms with Crippen LogP contribution in [0.25, 0.3) is 22.0 Å². The van der Waals surface area contributed by atoms with E-state index in [1.165, 1.54) is 6.07 Å². The lowest BCUT2D eigenvalue weighted by Crippen LogP contribution is -2.19. The number of halogens is 2. The Labute approximate surface area is 222 Å². The minimum Gasteiger partial charge on any atom is -0.489 e. The molecule has 0 aliphatic heterocycles. The molecule has 1 N–H and O–H groups in total. The van der Waals surface area contributed by atoms with Gasteiger partial charge in [0.15, 0.2) is 11.6 Å². The van der Waals surface area contributed by atoms with Gasteiger partial charge in [0, 0.05) is 49.8 Å². The Morgan fingerprint density at radius 1 is 1.08 bits per heavy atom. The van der Waals surface area contributed by atoms with E-state index in [0.29, 0.717) is 24.1 Å². The Morgan fingerprint density at radius 3 is 2.50 bits per heavy atom. The molecule has 0 amide bonds. The Kier molecular flexibility index (Phi) is 7.74. The highest BCUT2D eigenvalue weighted by atomic mass is 19.2. The summed E-state index contributed by atoms with van der Waals surface area (Å²) in [7, 11) is 5.44. The van der Waals surface area contributed by atoms with Gasteiger partial charge in [0.25, 0.3) is 5.56 Å². The zero-order valence-corrected chi connectivity index (χ0v) is 23.2. The highest BCUT2D eigenvalue weighted by molar-refractivity contribution is 5.88. The molecule has 0 unspecified atom stereocenters. The molecule has 0 fully saturated rings. The van der Waals surface area contributed by atoms with Crippen LogP contribution in [-0.2, 0) is 33.5 Å². The van der Waals surface area contributed by atoms with Crippen LogP contribution in [-0.4, -0.2) is 28.0 Å². The number of aryl methyl sites for hydroxylation is 2. The molecule has 0 saturated carbocycles. The Morgan fingerprint density at radius 2 is 1.82 bits per heavy atom. The van der Waals surface area contributed by atoms with Crippen LogP contribution in [0.5, 0.6) is 5.75 Å². The van der Waals surface area contributed by atoms with Crippen molar-refractivity contribution in [3.8, 4) is 16.9 Å². The number of nitrogens with zero attached hydrogens (tertiary/aromatic N) is 3. The summed E-state index contributed by atoms with van der Waals surface area (Å²) in [5, 5.41) is 8.62. The Bertz CT molecular complexity index is 1550. The van der Waals surface area contributed by atoms with Crippen molar-refractivity contribution in [1.29, 1.82) is 0 Å².